The van der Waals surface area contributed by atoms with Crippen molar-refractivity contribution in [3.8, 4) is 5.75 Å². The van der Waals surface area contributed by atoms with Crippen molar-refractivity contribution >= 4 is 11.7 Å². The van der Waals surface area contributed by atoms with Gasteiger partial charge in [0.15, 0.2) is 0 Å². The number of rotatable bonds is 2. The third kappa shape index (κ3) is 2.21. The zero-order valence-corrected chi connectivity index (χ0v) is 9.50. The lowest BCUT2D eigenvalue weighted by atomic mass is 10.1. The van der Waals surface area contributed by atoms with Crippen LogP contribution in [0.1, 0.15) is 11.1 Å². The van der Waals surface area contributed by atoms with Gasteiger partial charge < -0.3 is 10.5 Å². The van der Waals surface area contributed by atoms with E-state index in [1.165, 1.54) is 4.90 Å². The maximum atomic E-state index is 11.1. The Kier molecular flexibility index (Phi) is 3.19. The first-order chi connectivity index (χ1) is 6.97. The second-order valence-electron chi connectivity index (χ2n) is 3.53. The van der Waals surface area contributed by atoms with Gasteiger partial charge in [-0.3, -0.25) is 4.90 Å². The first-order valence-electron chi connectivity index (χ1n) is 4.65. The summed E-state index contributed by atoms with van der Waals surface area (Å²) < 4.78 is 5.25. The molecule has 15 heavy (non-hydrogen) atoms. The topological polar surface area (TPSA) is 55.6 Å². The van der Waals surface area contributed by atoms with Gasteiger partial charge in [0.05, 0.1) is 12.8 Å². The highest BCUT2D eigenvalue weighted by atomic mass is 16.5. The van der Waals surface area contributed by atoms with Crippen molar-refractivity contribution in [1.82, 2.24) is 0 Å². The normalized spacial score (nSPS) is 9.87. The van der Waals surface area contributed by atoms with Crippen molar-refractivity contribution in [1.29, 1.82) is 0 Å². The molecule has 0 saturated carbocycles. The molecule has 0 aliphatic rings. The van der Waals surface area contributed by atoms with Gasteiger partial charge in [-0.2, -0.15) is 0 Å². The first-order valence-corrected chi connectivity index (χ1v) is 4.65. The number of benzene rings is 1. The molecule has 0 aromatic heterocycles. The largest absolute Gasteiger partial charge is 0.494 e. The molecule has 1 rings (SSSR count). The molecular formula is C11H16N2O2. The van der Waals surface area contributed by atoms with Gasteiger partial charge in [0.2, 0.25) is 0 Å². The lowest BCUT2D eigenvalue weighted by molar-refractivity contribution is 0.255. The number of anilines is 1. The Balaban J connectivity index is 3.32. The summed E-state index contributed by atoms with van der Waals surface area (Å²) in [5.41, 5.74) is 7.97. The molecule has 2 amide bonds. The van der Waals surface area contributed by atoms with Gasteiger partial charge in [-0.15, -0.1) is 0 Å². The monoisotopic (exact) mass is 208 g/mol. The highest BCUT2D eigenvalue weighted by molar-refractivity contribution is 5.92. The number of carbonyl (C=O) groups excluding carboxylic acids is 1. The van der Waals surface area contributed by atoms with Crippen LogP contribution in [0.4, 0.5) is 10.5 Å². The summed E-state index contributed by atoms with van der Waals surface area (Å²) in [6.07, 6.45) is 0. The number of carbonyl (C=O) groups is 1. The Bertz CT molecular complexity index is 388. The molecule has 0 atom stereocenters. The molecule has 0 fully saturated rings. The van der Waals surface area contributed by atoms with Crippen LogP contribution in [0.15, 0.2) is 12.1 Å². The summed E-state index contributed by atoms with van der Waals surface area (Å²) in [6, 6.07) is 3.37. The Morgan fingerprint density at radius 1 is 1.40 bits per heavy atom. The molecule has 0 radical (unpaired) electrons. The lowest BCUT2D eigenvalue weighted by Gasteiger charge is -2.19. The lowest BCUT2D eigenvalue weighted by Crippen LogP contribution is -2.32. The van der Waals surface area contributed by atoms with Crippen LogP contribution in [0.3, 0.4) is 0 Å². The van der Waals surface area contributed by atoms with Gasteiger partial charge in [-0.05, 0) is 31.0 Å². The summed E-state index contributed by atoms with van der Waals surface area (Å²) >= 11 is 0. The summed E-state index contributed by atoms with van der Waals surface area (Å²) in [7, 11) is 3.20. The van der Waals surface area contributed by atoms with E-state index in [0.717, 1.165) is 11.1 Å². The number of nitrogens with zero attached hydrogens (tertiary/aromatic N) is 1. The average Bonchev–Trinajstić information content (AvgIpc) is 2.15. The fraction of sp³-hybridized carbons (Fsp3) is 0.364. The van der Waals surface area contributed by atoms with Crippen molar-refractivity contribution in [2.75, 3.05) is 19.1 Å². The zero-order valence-electron chi connectivity index (χ0n) is 9.50. The van der Waals surface area contributed by atoms with E-state index in [4.69, 9.17) is 10.5 Å². The Morgan fingerprint density at radius 3 is 2.47 bits per heavy atom. The maximum Gasteiger partial charge on any atom is 0.319 e. The van der Waals surface area contributed by atoms with Crippen LogP contribution < -0.4 is 15.4 Å². The van der Waals surface area contributed by atoms with Crippen LogP contribution in [0, 0.1) is 13.8 Å². The molecule has 0 aliphatic carbocycles. The molecule has 0 unspecified atom stereocenters. The quantitative estimate of drug-likeness (QED) is 0.806. The van der Waals surface area contributed by atoms with Gasteiger partial charge in [-0.25, -0.2) is 4.79 Å². The van der Waals surface area contributed by atoms with Gasteiger partial charge in [0, 0.05) is 7.05 Å². The number of hydrogen-bond donors (Lipinski definition) is 1. The maximum absolute atomic E-state index is 11.1. The van der Waals surface area contributed by atoms with Gasteiger partial charge in [0.25, 0.3) is 0 Å². The van der Waals surface area contributed by atoms with Crippen LogP contribution in [-0.4, -0.2) is 20.2 Å². The average molecular weight is 208 g/mol. The van der Waals surface area contributed by atoms with Crippen LogP contribution in [0.25, 0.3) is 0 Å². The number of ether oxygens (including phenoxy) is 1. The van der Waals surface area contributed by atoms with Crippen molar-refractivity contribution in [2.45, 2.75) is 13.8 Å². The molecule has 4 heteroatoms. The Hall–Kier alpha value is -1.71. The number of amides is 2. The predicted octanol–water partition coefficient (Wildman–Crippen LogP) is 1.83. The highest BCUT2D eigenvalue weighted by Crippen LogP contribution is 2.32. The summed E-state index contributed by atoms with van der Waals surface area (Å²) in [5, 5.41) is 0. The fourth-order valence-electron chi connectivity index (χ4n) is 1.57. The smallest absolute Gasteiger partial charge is 0.319 e. The number of urea groups is 1. The van der Waals surface area contributed by atoms with Crippen LogP contribution in [0.5, 0.6) is 5.75 Å². The van der Waals surface area contributed by atoms with Crippen molar-refractivity contribution in [2.24, 2.45) is 5.73 Å². The van der Waals surface area contributed by atoms with E-state index in [9.17, 15) is 4.79 Å². The number of primary amides is 1. The van der Waals surface area contributed by atoms with E-state index in [0.29, 0.717) is 11.4 Å². The number of hydrogen-bond acceptors (Lipinski definition) is 2. The van der Waals surface area contributed by atoms with E-state index in [1.807, 2.05) is 26.0 Å². The van der Waals surface area contributed by atoms with Crippen molar-refractivity contribution in [3.05, 3.63) is 23.3 Å². The third-order valence-corrected chi connectivity index (χ3v) is 2.30. The molecule has 4 nitrogen and oxygen atoms in total. The zero-order chi connectivity index (χ0) is 11.6. The van der Waals surface area contributed by atoms with Crippen LogP contribution >= 0.6 is 0 Å². The molecule has 0 bridgehead atoms. The molecule has 0 heterocycles. The molecule has 0 saturated heterocycles. The third-order valence-electron chi connectivity index (χ3n) is 2.30. The Labute approximate surface area is 89.6 Å². The molecule has 0 spiro atoms. The molecule has 0 aliphatic heterocycles. The molecule has 82 valence electrons. The minimum absolute atomic E-state index is 0.502. The van der Waals surface area contributed by atoms with Gasteiger partial charge >= 0.3 is 6.03 Å². The Morgan fingerprint density at radius 2 is 2.00 bits per heavy atom. The SMILES string of the molecule is COc1c(C)cc(C)cc1N(C)C(N)=O. The number of methoxy groups -OCH3 is 1. The standard InChI is InChI=1S/C11H16N2O2/c1-7-5-8(2)10(15-4)9(6-7)13(3)11(12)14/h5-6H,1-4H3,(H2,12,14). The molecule has 2 N–H and O–H groups in total. The van der Waals surface area contributed by atoms with E-state index < -0.39 is 6.03 Å². The summed E-state index contributed by atoms with van der Waals surface area (Å²) in [6.45, 7) is 3.90. The van der Waals surface area contributed by atoms with E-state index >= 15 is 0 Å². The first kappa shape index (κ1) is 11.4. The molecular weight excluding hydrogens is 192 g/mol. The summed E-state index contributed by atoms with van der Waals surface area (Å²) in [5.74, 6) is 0.682. The second-order valence-corrected chi connectivity index (χ2v) is 3.53. The van der Waals surface area contributed by atoms with Crippen LogP contribution in [-0.2, 0) is 0 Å². The number of aryl methyl sites for hydroxylation is 2. The van der Waals surface area contributed by atoms with E-state index in [2.05, 4.69) is 0 Å². The van der Waals surface area contributed by atoms with Crippen LogP contribution in [0.2, 0.25) is 0 Å². The van der Waals surface area contributed by atoms with Crippen molar-refractivity contribution in [3.63, 3.8) is 0 Å². The highest BCUT2D eigenvalue weighted by Gasteiger charge is 2.14. The second kappa shape index (κ2) is 4.21. The van der Waals surface area contributed by atoms with Crippen molar-refractivity contribution < 1.29 is 9.53 Å². The minimum Gasteiger partial charge on any atom is -0.494 e. The summed E-state index contributed by atoms with van der Waals surface area (Å²) in [4.78, 5) is 12.5. The van der Waals surface area contributed by atoms with E-state index in [-0.39, 0.29) is 0 Å². The van der Waals surface area contributed by atoms with Gasteiger partial charge in [-0.1, -0.05) is 6.07 Å². The van der Waals surface area contributed by atoms with Gasteiger partial charge in [0.1, 0.15) is 5.75 Å². The fourth-order valence-corrected chi connectivity index (χ4v) is 1.57. The number of nitrogens with two attached hydrogens (primary N) is 1. The molecule has 1 aromatic rings. The molecule has 1 aromatic carbocycles. The minimum atomic E-state index is -0.502. The predicted molar refractivity (Wildman–Crippen MR) is 60.5 cm³/mol. The van der Waals surface area contributed by atoms with E-state index in [1.54, 1.807) is 14.2 Å².